The van der Waals surface area contributed by atoms with E-state index >= 15 is 0 Å². The molecule has 0 aromatic heterocycles. The molecule has 21 heavy (non-hydrogen) atoms. The van der Waals surface area contributed by atoms with Crippen LogP contribution in [0.3, 0.4) is 0 Å². The van der Waals surface area contributed by atoms with Gasteiger partial charge in [0.2, 0.25) is 0 Å². The van der Waals surface area contributed by atoms with Gasteiger partial charge >= 0.3 is 0 Å². The molecule has 1 aliphatic carbocycles. The van der Waals surface area contributed by atoms with E-state index in [2.05, 4.69) is 0 Å². The summed E-state index contributed by atoms with van der Waals surface area (Å²) in [5.41, 5.74) is -0.0724. The average molecular weight is 308 g/mol. The Labute approximate surface area is 127 Å². The van der Waals surface area contributed by atoms with E-state index in [1.807, 2.05) is 0 Å². The zero-order chi connectivity index (χ0) is 15.3. The van der Waals surface area contributed by atoms with Crippen molar-refractivity contribution in [3.05, 3.63) is 23.8 Å². The van der Waals surface area contributed by atoms with E-state index in [4.69, 9.17) is 9.47 Å². The summed E-state index contributed by atoms with van der Waals surface area (Å²) in [6.45, 7) is 0. The maximum atomic E-state index is 13.2. The monoisotopic (exact) mass is 308 g/mol. The molecule has 0 unspecified atom stereocenters. The first kappa shape index (κ1) is 16.0. The summed E-state index contributed by atoms with van der Waals surface area (Å²) in [5.74, 6) is 1.04. The van der Waals surface area contributed by atoms with Crippen LogP contribution in [-0.4, -0.2) is 26.2 Å². The lowest BCUT2D eigenvalue weighted by atomic mass is 9.70. The number of Topliss-reactive ketones (excluding diaryl/α,β-unsaturated/α-hetero) is 1. The van der Waals surface area contributed by atoms with Crippen LogP contribution >= 0.6 is 8.46 Å². The summed E-state index contributed by atoms with van der Waals surface area (Å²) in [5, 5.41) is 0. The highest BCUT2D eigenvalue weighted by Gasteiger charge is 2.42. The van der Waals surface area contributed by atoms with E-state index in [0.29, 0.717) is 23.2 Å². The molecule has 4 nitrogen and oxygen atoms in total. The minimum absolute atomic E-state index is 0.000139. The predicted octanol–water partition coefficient (Wildman–Crippen LogP) is 4.13. The van der Waals surface area contributed by atoms with Gasteiger partial charge in [-0.25, -0.2) is 0 Å². The maximum Gasteiger partial charge on any atom is 0.177 e. The van der Waals surface area contributed by atoms with Gasteiger partial charge in [0, 0.05) is 11.6 Å². The van der Waals surface area contributed by atoms with Crippen LogP contribution in [-0.2, 0) is 4.57 Å². The minimum atomic E-state index is -0.552. The largest absolute Gasteiger partial charge is 0.496 e. The highest BCUT2D eigenvalue weighted by atomic mass is 31.1. The van der Waals surface area contributed by atoms with Gasteiger partial charge in [0.15, 0.2) is 14.2 Å². The number of benzene rings is 1. The van der Waals surface area contributed by atoms with Crippen molar-refractivity contribution in [2.45, 2.75) is 32.1 Å². The van der Waals surface area contributed by atoms with Crippen molar-refractivity contribution in [2.24, 2.45) is 5.41 Å². The molecule has 1 aromatic rings. The molecule has 0 atom stereocenters. The van der Waals surface area contributed by atoms with Gasteiger partial charge in [0.05, 0.1) is 14.2 Å². The van der Waals surface area contributed by atoms with Crippen LogP contribution in [0.15, 0.2) is 18.2 Å². The summed E-state index contributed by atoms with van der Waals surface area (Å²) in [6, 6.07) is 5.33. The predicted molar refractivity (Wildman–Crippen MR) is 81.9 cm³/mol. The molecule has 5 heteroatoms. The van der Waals surface area contributed by atoms with Gasteiger partial charge in [0.25, 0.3) is 0 Å². The molecule has 0 heterocycles. The van der Waals surface area contributed by atoms with Gasteiger partial charge in [-0.1, -0.05) is 25.3 Å². The fourth-order valence-corrected chi connectivity index (χ4v) is 3.86. The van der Waals surface area contributed by atoms with Crippen molar-refractivity contribution >= 4 is 14.2 Å². The fraction of sp³-hybridized carbons (Fsp3) is 0.562. The maximum absolute atomic E-state index is 13.2. The molecule has 1 saturated carbocycles. The molecular formula is C16H21O4P. The van der Waals surface area contributed by atoms with Crippen molar-refractivity contribution in [3.63, 3.8) is 0 Å². The molecule has 0 spiro atoms. The normalized spacial score (nSPS) is 17.4. The zero-order valence-corrected chi connectivity index (χ0v) is 13.4. The van der Waals surface area contributed by atoms with Crippen LogP contribution in [0, 0.1) is 5.41 Å². The van der Waals surface area contributed by atoms with E-state index in [9.17, 15) is 9.36 Å². The third-order valence-corrected chi connectivity index (χ3v) is 5.05. The minimum Gasteiger partial charge on any atom is -0.496 e. The fourth-order valence-electron chi connectivity index (χ4n) is 3.15. The molecule has 1 fully saturated rings. The lowest BCUT2D eigenvalue weighted by Crippen LogP contribution is -2.35. The lowest BCUT2D eigenvalue weighted by molar-refractivity contribution is 0.0749. The lowest BCUT2D eigenvalue weighted by Gasteiger charge is -2.34. The number of rotatable bonds is 6. The van der Waals surface area contributed by atoms with Gasteiger partial charge < -0.3 is 9.47 Å². The molecule has 1 aromatic carbocycles. The van der Waals surface area contributed by atoms with Crippen LogP contribution in [0.4, 0.5) is 0 Å². The molecule has 0 N–H and O–H groups in total. The summed E-state index contributed by atoms with van der Waals surface area (Å²) >= 11 is 0. The first-order valence-electron chi connectivity index (χ1n) is 7.23. The van der Waals surface area contributed by atoms with E-state index in [1.165, 1.54) is 0 Å². The van der Waals surface area contributed by atoms with Crippen LogP contribution in [0.1, 0.15) is 42.5 Å². The van der Waals surface area contributed by atoms with Crippen LogP contribution in [0.5, 0.6) is 11.5 Å². The van der Waals surface area contributed by atoms with Crippen molar-refractivity contribution in [3.8, 4) is 11.5 Å². The first-order valence-corrected chi connectivity index (χ1v) is 8.23. The second-order valence-electron chi connectivity index (χ2n) is 5.49. The second kappa shape index (κ2) is 7.04. The van der Waals surface area contributed by atoms with E-state index in [-0.39, 0.29) is 14.2 Å². The van der Waals surface area contributed by atoms with Crippen molar-refractivity contribution in [1.29, 1.82) is 0 Å². The molecule has 0 aliphatic heterocycles. The third kappa shape index (κ3) is 3.11. The Bertz CT molecular complexity index is 499. The SMILES string of the molecule is COc1cccc(OC)c1C(=O)C1(CP=O)CCCCC1. The molecule has 2 rings (SSSR count). The standard InChI is InChI=1S/C16H21O4P/c1-19-12-7-6-8-13(20-2)14(12)15(17)16(11-21-18)9-4-3-5-10-16/h6-8H,3-5,9-11H2,1-2H3. The molecule has 1 aliphatic rings. The number of ether oxygens (including phenoxy) is 2. The average Bonchev–Trinajstić information content (AvgIpc) is 2.54. The summed E-state index contributed by atoms with van der Waals surface area (Å²) in [7, 11) is 3.12. The topological polar surface area (TPSA) is 52.6 Å². The second-order valence-corrected chi connectivity index (χ2v) is 6.07. The van der Waals surface area contributed by atoms with E-state index in [1.54, 1.807) is 32.4 Å². The third-order valence-electron chi connectivity index (χ3n) is 4.31. The Balaban J connectivity index is 2.48. The summed E-state index contributed by atoms with van der Waals surface area (Å²) in [4.78, 5) is 13.2. The Hall–Kier alpha value is -1.41. The van der Waals surface area contributed by atoms with Gasteiger partial charge in [-0.15, -0.1) is 0 Å². The number of hydrogen-bond donors (Lipinski definition) is 0. The molecule has 0 radical (unpaired) electrons. The molecule has 0 bridgehead atoms. The number of methoxy groups -OCH3 is 2. The van der Waals surface area contributed by atoms with Crippen LogP contribution in [0.25, 0.3) is 0 Å². The molecule has 114 valence electrons. The quantitative estimate of drug-likeness (QED) is 0.586. The van der Waals surface area contributed by atoms with E-state index < -0.39 is 5.41 Å². The summed E-state index contributed by atoms with van der Waals surface area (Å²) in [6.07, 6.45) is 5.06. The van der Waals surface area contributed by atoms with Gasteiger partial charge in [-0.2, -0.15) is 0 Å². The highest BCUT2D eigenvalue weighted by molar-refractivity contribution is 7.23. The molecular weight excluding hydrogens is 287 g/mol. The van der Waals surface area contributed by atoms with Crippen molar-refractivity contribution < 1.29 is 18.8 Å². The van der Waals surface area contributed by atoms with Crippen LogP contribution in [0.2, 0.25) is 0 Å². The number of carbonyl (C=O) groups excluding carboxylic acids is 1. The van der Waals surface area contributed by atoms with Gasteiger partial charge in [0.1, 0.15) is 17.1 Å². The highest BCUT2D eigenvalue weighted by Crippen LogP contribution is 2.44. The van der Waals surface area contributed by atoms with Crippen molar-refractivity contribution in [2.75, 3.05) is 20.4 Å². The van der Waals surface area contributed by atoms with Crippen molar-refractivity contribution in [1.82, 2.24) is 0 Å². The molecule has 0 amide bonds. The Morgan fingerprint density at radius 2 is 1.71 bits per heavy atom. The van der Waals surface area contributed by atoms with Gasteiger partial charge in [-0.05, 0) is 25.0 Å². The molecule has 0 saturated heterocycles. The van der Waals surface area contributed by atoms with E-state index in [0.717, 1.165) is 32.1 Å². The number of ketones is 1. The Morgan fingerprint density at radius 1 is 1.14 bits per heavy atom. The van der Waals surface area contributed by atoms with Gasteiger partial charge in [-0.3, -0.25) is 9.36 Å². The smallest absolute Gasteiger partial charge is 0.177 e. The van der Waals surface area contributed by atoms with Crippen LogP contribution < -0.4 is 9.47 Å². The Morgan fingerprint density at radius 3 is 2.19 bits per heavy atom. The number of hydrogen-bond acceptors (Lipinski definition) is 4. The first-order chi connectivity index (χ1) is 10.2. The zero-order valence-electron chi connectivity index (χ0n) is 12.6. The number of carbonyl (C=O) groups is 1. The Kier molecular flexibility index (Phi) is 5.35. The summed E-state index contributed by atoms with van der Waals surface area (Å²) < 4.78 is 21.9.